The molecule has 148 valence electrons. The second-order valence-corrected chi connectivity index (χ2v) is 7.05. The van der Waals surface area contributed by atoms with Gasteiger partial charge in [0.25, 0.3) is 0 Å². The number of aliphatic hydroxyl groups is 1. The van der Waals surface area contributed by atoms with Gasteiger partial charge in [-0.25, -0.2) is 0 Å². The lowest BCUT2D eigenvalue weighted by Crippen LogP contribution is -2.63. The lowest BCUT2D eigenvalue weighted by Gasteiger charge is -2.47. The third-order valence-corrected chi connectivity index (χ3v) is 5.20. The second kappa shape index (κ2) is 8.65. The van der Waals surface area contributed by atoms with Crippen LogP contribution in [0.3, 0.4) is 0 Å². The van der Waals surface area contributed by atoms with E-state index in [1.54, 1.807) is 0 Å². The number of ether oxygens (including phenoxy) is 5. The van der Waals surface area contributed by atoms with Gasteiger partial charge in [-0.3, -0.25) is 0 Å². The topological polar surface area (TPSA) is 66.4 Å². The van der Waals surface area contributed by atoms with Crippen molar-refractivity contribution < 1.29 is 28.8 Å². The predicted molar refractivity (Wildman–Crippen MR) is 105 cm³/mol. The summed E-state index contributed by atoms with van der Waals surface area (Å²) in [5.74, 6) is 0. The average molecular weight is 402 g/mol. The van der Waals surface area contributed by atoms with E-state index in [0.29, 0.717) is 0 Å². The van der Waals surface area contributed by atoms with E-state index in [1.165, 1.54) is 7.11 Å². The molecule has 0 radical (unpaired) electrons. The molecule has 0 bridgehead atoms. The van der Waals surface area contributed by atoms with E-state index < -0.39 is 37.0 Å². The largest absolute Gasteiger partial charge is 0.474 e. The number of hydrogen-bond acceptors (Lipinski definition) is 7. The summed E-state index contributed by atoms with van der Waals surface area (Å²) in [7, 11) is 1.47. The molecule has 2 aromatic carbocycles. The van der Waals surface area contributed by atoms with Crippen LogP contribution in [-0.4, -0.2) is 54.6 Å². The van der Waals surface area contributed by atoms with Crippen LogP contribution in [0.2, 0.25) is 0 Å². The minimum atomic E-state index is -1.07. The first-order chi connectivity index (χ1) is 13.7. The summed E-state index contributed by atoms with van der Waals surface area (Å²) in [6, 6.07) is 19.0. The Morgan fingerprint density at radius 1 is 1.04 bits per heavy atom. The fraction of sp³-hybridized carbons (Fsp3) is 0.381. The van der Waals surface area contributed by atoms with Gasteiger partial charge in [-0.05, 0) is 12.2 Å². The smallest absolute Gasteiger partial charge is 0.191 e. The van der Waals surface area contributed by atoms with Crippen molar-refractivity contribution in [2.75, 3.05) is 13.7 Å². The maximum Gasteiger partial charge on any atom is 0.191 e. The summed E-state index contributed by atoms with van der Waals surface area (Å²) in [5, 5.41) is 11.0. The van der Waals surface area contributed by atoms with E-state index >= 15 is 0 Å². The van der Waals surface area contributed by atoms with Crippen LogP contribution >= 0.6 is 12.2 Å². The molecule has 0 aromatic heterocycles. The van der Waals surface area contributed by atoms with E-state index in [0.717, 1.165) is 11.1 Å². The molecular formula is C21H22O6S. The summed E-state index contributed by atoms with van der Waals surface area (Å²) in [4.78, 5) is 0. The Hall–Kier alpha value is -1.87. The first kappa shape index (κ1) is 19.4. The summed E-state index contributed by atoms with van der Waals surface area (Å²) >= 11 is 5.44. The van der Waals surface area contributed by atoms with Crippen LogP contribution in [0.25, 0.3) is 0 Å². The summed E-state index contributed by atoms with van der Waals surface area (Å²) in [5.41, 5.74) is 1.64. The molecule has 0 aliphatic carbocycles. The molecule has 0 spiro atoms. The Balaban J connectivity index is 1.56. The Bertz CT molecular complexity index is 786. The molecule has 2 heterocycles. The molecule has 2 aliphatic heterocycles. The number of fused-ring (bicyclic) bond motifs is 1. The summed E-state index contributed by atoms with van der Waals surface area (Å²) < 4.78 is 29.1. The van der Waals surface area contributed by atoms with Crippen molar-refractivity contribution in [3.63, 3.8) is 0 Å². The Kier molecular flexibility index (Phi) is 6.01. The van der Waals surface area contributed by atoms with Crippen molar-refractivity contribution in [2.24, 2.45) is 0 Å². The molecule has 0 amide bonds. The first-order valence-electron chi connectivity index (χ1n) is 9.11. The highest BCUT2D eigenvalue weighted by Gasteiger charge is 2.51. The average Bonchev–Trinajstić information content (AvgIpc) is 2.76. The third kappa shape index (κ3) is 3.96. The van der Waals surface area contributed by atoms with E-state index in [9.17, 15) is 5.11 Å². The Morgan fingerprint density at radius 3 is 2.39 bits per heavy atom. The van der Waals surface area contributed by atoms with Gasteiger partial charge in [0.05, 0.1) is 6.61 Å². The Labute approximate surface area is 168 Å². The zero-order chi connectivity index (χ0) is 19.5. The number of benzene rings is 2. The molecule has 28 heavy (non-hydrogen) atoms. The standard InChI is InChI=1S/C21H22O6S/c1-23-20-16(22)18(27-21(28)14-10-6-3-7-11-14)17-15(25-20)12-24-19(26-17)13-8-4-2-5-9-13/h2-11,15-20,22H,12H2,1H3. The highest BCUT2D eigenvalue weighted by molar-refractivity contribution is 7.80. The van der Waals surface area contributed by atoms with Gasteiger partial charge in [-0.1, -0.05) is 60.7 Å². The van der Waals surface area contributed by atoms with Crippen LogP contribution in [0, 0.1) is 0 Å². The molecule has 1 N–H and O–H groups in total. The van der Waals surface area contributed by atoms with E-state index in [4.69, 9.17) is 35.9 Å². The fourth-order valence-electron chi connectivity index (χ4n) is 3.44. The van der Waals surface area contributed by atoms with Crippen molar-refractivity contribution >= 4 is 17.3 Å². The molecule has 6 atom stereocenters. The molecule has 2 aromatic rings. The van der Waals surface area contributed by atoms with Gasteiger partial charge in [0.1, 0.15) is 18.3 Å². The van der Waals surface area contributed by atoms with Crippen LogP contribution in [0.15, 0.2) is 60.7 Å². The number of hydrogen-bond donors (Lipinski definition) is 1. The van der Waals surface area contributed by atoms with Gasteiger partial charge < -0.3 is 28.8 Å². The molecule has 2 aliphatic rings. The molecule has 6 unspecified atom stereocenters. The SMILES string of the molecule is COC1OC2COC(c3ccccc3)OC2C(OC(=S)c2ccccc2)C1O. The molecule has 2 saturated heterocycles. The minimum Gasteiger partial charge on any atom is -0.474 e. The zero-order valence-corrected chi connectivity index (χ0v) is 16.2. The number of aliphatic hydroxyl groups excluding tert-OH is 1. The van der Waals surface area contributed by atoms with Crippen molar-refractivity contribution in [1.82, 2.24) is 0 Å². The van der Waals surface area contributed by atoms with Gasteiger partial charge in [0, 0.05) is 18.2 Å². The summed E-state index contributed by atoms with van der Waals surface area (Å²) in [6.45, 7) is 0.286. The fourth-order valence-corrected chi connectivity index (χ4v) is 3.68. The number of rotatable bonds is 4. The van der Waals surface area contributed by atoms with Crippen LogP contribution in [0.1, 0.15) is 17.4 Å². The zero-order valence-electron chi connectivity index (χ0n) is 15.3. The normalized spacial score (nSPS) is 32.4. The number of methoxy groups -OCH3 is 1. The van der Waals surface area contributed by atoms with Crippen molar-refractivity contribution in [3.8, 4) is 0 Å². The molecule has 4 rings (SSSR count). The minimum absolute atomic E-state index is 0.284. The molecule has 2 fully saturated rings. The summed E-state index contributed by atoms with van der Waals surface area (Å²) in [6.07, 6.45) is -4.27. The van der Waals surface area contributed by atoms with Crippen LogP contribution < -0.4 is 0 Å². The van der Waals surface area contributed by atoms with E-state index in [-0.39, 0.29) is 11.7 Å². The quantitative estimate of drug-likeness (QED) is 0.789. The molecule has 6 nitrogen and oxygen atoms in total. The van der Waals surface area contributed by atoms with Gasteiger partial charge in [0.15, 0.2) is 23.7 Å². The van der Waals surface area contributed by atoms with Gasteiger partial charge in [-0.2, -0.15) is 0 Å². The molecule has 0 saturated carbocycles. The lowest BCUT2D eigenvalue weighted by molar-refractivity contribution is -0.356. The van der Waals surface area contributed by atoms with Crippen LogP contribution in [0.5, 0.6) is 0 Å². The predicted octanol–water partition coefficient (Wildman–Crippen LogP) is 2.59. The van der Waals surface area contributed by atoms with Crippen molar-refractivity contribution in [2.45, 2.75) is 37.0 Å². The lowest BCUT2D eigenvalue weighted by atomic mass is 9.97. The molecule has 7 heteroatoms. The Morgan fingerprint density at radius 2 is 1.71 bits per heavy atom. The highest BCUT2D eigenvalue weighted by atomic mass is 32.1. The number of thiocarbonyl (C=S) groups is 1. The maximum absolute atomic E-state index is 10.8. The highest BCUT2D eigenvalue weighted by Crippen LogP contribution is 2.35. The monoisotopic (exact) mass is 402 g/mol. The maximum atomic E-state index is 10.8. The van der Waals surface area contributed by atoms with Crippen molar-refractivity contribution in [3.05, 3.63) is 71.8 Å². The van der Waals surface area contributed by atoms with E-state index in [1.807, 2.05) is 60.7 Å². The van der Waals surface area contributed by atoms with Gasteiger partial charge >= 0.3 is 0 Å². The second-order valence-electron chi connectivity index (χ2n) is 6.68. The van der Waals surface area contributed by atoms with Crippen molar-refractivity contribution in [1.29, 1.82) is 0 Å². The third-order valence-electron chi connectivity index (χ3n) is 4.86. The van der Waals surface area contributed by atoms with E-state index in [2.05, 4.69) is 0 Å². The van der Waals surface area contributed by atoms with Crippen LogP contribution in [0.4, 0.5) is 0 Å². The molecular weight excluding hydrogens is 380 g/mol. The van der Waals surface area contributed by atoms with Gasteiger partial charge in [-0.15, -0.1) is 0 Å². The van der Waals surface area contributed by atoms with Crippen LogP contribution in [-0.2, 0) is 23.7 Å². The first-order valence-corrected chi connectivity index (χ1v) is 9.52. The van der Waals surface area contributed by atoms with Gasteiger partial charge in [0.2, 0.25) is 0 Å².